The van der Waals surface area contributed by atoms with Crippen molar-refractivity contribution in [2.45, 2.75) is 25.0 Å². The monoisotopic (exact) mass is 211 g/mol. The minimum absolute atomic E-state index is 0.318. The van der Waals surface area contributed by atoms with Crippen molar-refractivity contribution >= 4 is 19.7 Å². The van der Waals surface area contributed by atoms with Gasteiger partial charge >= 0.3 is 0 Å². The fraction of sp³-hybridized carbons (Fsp3) is 1.00. The molecule has 1 aliphatic heterocycles. The molecule has 0 amide bonds. The Bertz CT molecular complexity index is 232. The molecule has 0 radical (unpaired) electrons. The minimum Gasteiger partial charge on any atom is -0.304 e. The quantitative estimate of drug-likeness (QED) is 0.641. The zero-order valence-corrected chi connectivity index (χ0v) is 8.74. The van der Waals surface area contributed by atoms with E-state index in [0.717, 1.165) is 19.6 Å². The van der Waals surface area contributed by atoms with Crippen molar-refractivity contribution in [3.63, 3.8) is 0 Å². The molecule has 0 atom stereocenters. The van der Waals surface area contributed by atoms with E-state index in [0.29, 0.717) is 12.8 Å². The topological polar surface area (TPSA) is 37.4 Å². The smallest absolute Gasteiger partial charge is 0.235 e. The van der Waals surface area contributed by atoms with Crippen LogP contribution in [0.25, 0.3) is 0 Å². The number of likely N-dealkylation sites (tertiary alicyclic amines) is 1. The van der Waals surface area contributed by atoms with Crippen molar-refractivity contribution in [3.05, 3.63) is 0 Å². The summed E-state index contributed by atoms with van der Waals surface area (Å²) in [6, 6.07) is 0. The van der Waals surface area contributed by atoms with Crippen LogP contribution in [0, 0.1) is 0 Å². The lowest BCUT2D eigenvalue weighted by molar-refractivity contribution is 0.242. The van der Waals surface area contributed by atoms with Gasteiger partial charge in [0.15, 0.2) is 0 Å². The summed E-state index contributed by atoms with van der Waals surface area (Å²) in [6.07, 6.45) is 1.36. The summed E-state index contributed by atoms with van der Waals surface area (Å²) < 4.78 is 21.9. The largest absolute Gasteiger partial charge is 0.304 e. The molecular weight excluding hydrogens is 198 g/mol. The number of piperidine rings is 1. The molecule has 1 aliphatic rings. The second kappa shape index (κ2) is 3.94. The number of nitrogens with zero attached hydrogens (tertiary/aromatic N) is 1. The number of rotatable bonds is 2. The summed E-state index contributed by atoms with van der Waals surface area (Å²) in [6.45, 7) is 4.78. The van der Waals surface area contributed by atoms with E-state index in [1.807, 2.05) is 0 Å². The van der Waals surface area contributed by atoms with Gasteiger partial charge < -0.3 is 4.90 Å². The molecule has 0 unspecified atom stereocenters. The van der Waals surface area contributed by atoms with Gasteiger partial charge in [-0.15, -0.1) is 0 Å². The van der Waals surface area contributed by atoms with E-state index in [9.17, 15) is 8.42 Å². The Kier molecular flexibility index (Phi) is 3.37. The highest BCUT2D eigenvalue weighted by Crippen LogP contribution is 2.20. The second-order valence-corrected chi connectivity index (χ2v) is 6.02. The lowest BCUT2D eigenvalue weighted by atomic mass is 10.1. The molecule has 0 saturated carbocycles. The maximum Gasteiger partial charge on any atom is 0.235 e. The van der Waals surface area contributed by atoms with Crippen LogP contribution in [0.4, 0.5) is 0 Å². The highest BCUT2D eigenvalue weighted by Gasteiger charge is 2.27. The molecule has 12 heavy (non-hydrogen) atoms. The Morgan fingerprint density at radius 2 is 1.92 bits per heavy atom. The molecule has 5 heteroatoms. The maximum absolute atomic E-state index is 10.9. The van der Waals surface area contributed by atoms with E-state index in [1.165, 1.54) is 0 Å². The van der Waals surface area contributed by atoms with Gasteiger partial charge in [-0.1, -0.05) is 6.92 Å². The summed E-state index contributed by atoms with van der Waals surface area (Å²) in [5, 5.41) is -0.318. The van der Waals surface area contributed by atoms with E-state index >= 15 is 0 Å². The highest BCUT2D eigenvalue weighted by atomic mass is 35.7. The molecule has 3 nitrogen and oxygen atoms in total. The minimum atomic E-state index is -3.31. The molecule has 0 aromatic rings. The molecule has 0 aliphatic carbocycles. The third kappa shape index (κ3) is 2.61. The van der Waals surface area contributed by atoms with E-state index in [2.05, 4.69) is 11.8 Å². The van der Waals surface area contributed by atoms with Gasteiger partial charge in [-0.2, -0.15) is 0 Å². The van der Waals surface area contributed by atoms with Crippen molar-refractivity contribution in [1.29, 1.82) is 0 Å². The molecule has 72 valence electrons. The molecule has 1 rings (SSSR count). The van der Waals surface area contributed by atoms with Crippen LogP contribution in [0.1, 0.15) is 19.8 Å². The molecule has 1 heterocycles. The number of halogens is 1. The van der Waals surface area contributed by atoms with Gasteiger partial charge in [0.05, 0.1) is 5.25 Å². The van der Waals surface area contributed by atoms with Crippen LogP contribution in [0.5, 0.6) is 0 Å². The van der Waals surface area contributed by atoms with Gasteiger partial charge in [-0.25, -0.2) is 8.42 Å². The first-order chi connectivity index (χ1) is 5.54. The van der Waals surface area contributed by atoms with Gasteiger partial charge in [0, 0.05) is 10.7 Å². The third-order valence-corrected chi connectivity index (χ3v) is 4.40. The fourth-order valence-electron chi connectivity index (χ4n) is 1.51. The van der Waals surface area contributed by atoms with E-state index in [4.69, 9.17) is 10.7 Å². The standard InChI is InChI=1S/C7H14ClNO2S/c1-2-9-5-3-7(4-6-9)12(8,10)11/h7H,2-6H2,1H3. The van der Waals surface area contributed by atoms with Crippen LogP contribution in [0.15, 0.2) is 0 Å². The van der Waals surface area contributed by atoms with Crippen LogP contribution >= 0.6 is 10.7 Å². The van der Waals surface area contributed by atoms with Gasteiger partial charge in [0.1, 0.15) is 0 Å². The average molecular weight is 212 g/mol. The third-order valence-electron chi connectivity index (χ3n) is 2.38. The Balaban J connectivity index is 2.47. The van der Waals surface area contributed by atoms with Crippen molar-refractivity contribution in [1.82, 2.24) is 4.90 Å². The molecular formula is C7H14ClNO2S. The maximum atomic E-state index is 10.9. The van der Waals surface area contributed by atoms with Gasteiger partial charge in [0.2, 0.25) is 9.05 Å². The molecule has 1 saturated heterocycles. The van der Waals surface area contributed by atoms with Crippen LogP contribution < -0.4 is 0 Å². The van der Waals surface area contributed by atoms with Crippen molar-refractivity contribution < 1.29 is 8.42 Å². The Morgan fingerprint density at radius 1 is 1.42 bits per heavy atom. The molecule has 0 aromatic carbocycles. The first-order valence-electron chi connectivity index (χ1n) is 4.20. The highest BCUT2D eigenvalue weighted by molar-refractivity contribution is 8.14. The van der Waals surface area contributed by atoms with E-state index < -0.39 is 9.05 Å². The lowest BCUT2D eigenvalue weighted by Crippen LogP contribution is -2.37. The second-order valence-electron chi connectivity index (χ2n) is 3.11. The normalized spacial score (nSPS) is 22.8. The van der Waals surface area contributed by atoms with Gasteiger partial charge in [0.25, 0.3) is 0 Å². The van der Waals surface area contributed by atoms with Crippen LogP contribution in [-0.2, 0) is 9.05 Å². The van der Waals surface area contributed by atoms with E-state index in [-0.39, 0.29) is 5.25 Å². The van der Waals surface area contributed by atoms with Gasteiger partial charge in [-0.3, -0.25) is 0 Å². The molecule has 0 N–H and O–H groups in total. The number of hydrogen-bond donors (Lipinski definition) is 0. The zero-order chi connectivity index (χ0) is 9.19. The average Bonchev–Trinajstić information content (AvgIpc) is 2.03. The first kappa shape index (κ1) is 10.3. The zero-order valence-electron chi connectivity index (χ0n) is 7.16. The van der Waals surface area contributed by atoms with Crippen LogP contribution in [0.2, 0.25) is 0 Å². The summed E-state index contributed by atoms with van der Waals surface area (Å²) >= 11 is 0. The van der Waals surface area contributed by atoms with Crippen LogP contribution in [-0.4, -0.2) is 38.2 Å². The number of hydrogen-bond acceptors (Lipinski definition) is 3. The predicted octanol–water partition coefficient (Wildman–Crippen LogP) is 1.04. The SMILES string of the molecule is CCN1CCC(S(=O)(=O)Cl)CC1. The summed E-state index contributed by atoms with van der Waals surface area (Å²) in [7, 11) is 1.94. The first-order valence-corrected chi connectivity index (χ1v) is 6.57. The van der Waals surface area contributed by atoms with Gasteiger partial charge in [-0.05, 0) is 32.5 Å². The van der Waals surface area contributed by atoms with Crippen molar-refractivity contribution in [3.8, 4) is 0 Å². The molecule has 0 bridgehead atoms. The molecule has 1 fully saturated rings. The summed E-state index contributed by atoms with van der Waals surface area (Å²) in [5.74, 6) is 0. The molecule has 0 aromatic heterocycles. The van der Waals surface area contributed by atoms with E-state index in [1.54, 1.807) is 0 Å². The van der Waals surface area contributed by atoms with Crippen LogP contribution in [0.3, 0.4) is 0 Å². The summed E-state index contributed by atoms with van der Waals surface area (Å²) in [4.78, 5) is 2.23. The molecule has 0 spiro atoms. The Morgan fingerprint density at radius 3 is 2.25 bits per heavy atom. The fourth-order valence-corrected chi connectivity index (χ4v) is 2.82. The van der Waals surface area contributed by atoms with Crippen molar-refractivity contribution in [2.24, 2.45) is 0 Å². The van der Waals surface area contributed by atoms with Crippen molar-refractivity contribution in [2.75, 3.05) is 19.6 Å². The summed E-state index contributed by atoms with van der Waals surface area (Å²) in [5.41, 5.74) is 0. The Labute approximate surface area is 78.1 Å². The lowest BCUT2D eigenvalue weighted by Gasteiger charge is -2.29. The predicted molar refractivity (Wildman–Crippen MR) is 49.9 cm³/mol. The Hall–Kier alpha value is 0.200.